The molecule has 106 valence electrons. The van der Waals surface area contributed by atoms with E-state index in [4.69, 9.17) is 0 Å². The fourth-order valence-corrected chi connectivity index (χ4v) is 2.46. The predicted octanol–water partition coefficient (Wildman–Crippen LogP) is -1.22. The van der Waals surface area contributed by atoms with Crippen molar-refractivity contribution in [1.82, 2.24) is 15.1 Å². The molecular weight excluding hydrogens is 254 g/mol. The van der Waals surface area contributed by atoms with Gasteiger partial charge in [0, 0.05) is 39.0 Å². The average molecular weight is 277 g/mol. The molecule has 6 nitrogen and oxygen atoms in total. The third kappa shape index (κ3) is 4.91. The molecule has 0 aromatic carbocycles. The van der Waals surface area contributed by atoms with Crippen LogP contribution in [0, 0.1) is 0 Å². The van der Waals surface area contributed by atoms with Gasteiger partial charge in [-0.3, -0.25) is 9.69 Å². The summed E-state index contributed by atoms with van der Waals surface area (Å²) in [5.41, 5.74) is 0. The van der Waals surface area contributed by atoms with Crippen LogP contribution in [0.5, 0.6) is 0 Å². The predicted molar refractivity (Wildman–Crippen MR) is 71.3 cm³/mol. The summed E-state index contributed by atoms with van der Waals surface area (Å²) in [4.78, 5) is 15.8. The molecule has 1 aliphatic heterocycles. The fourth-order valence-electron chi connectivity index (χ4n) is 1.84. The Balaban J connectivity index is 2.46. The van der Waals surface area contributed by atoms with Gasteiger partial charge in [-0.25, -0.2) is 8.42 Å². The molecule has 0 bridgehead atoms. The molecule has 0 aromatic rings. The van der Waals surface area contributed by atoms with Crippen molar-refractivity contribution < 1.29 is 13.2 Å². The van der Waals surface area contributed by atoms with E-state index in [0.717, 1.165) is 26.2 Å². The molecule has 1 N–H and O–H groups in total. The second-order valence-electron chi connectivity index (χ2n) is 4.86. The molecule has 7 heteroatoms. The molecule has 0 aromatic heterocycles. The maximum absolute atomic E-state index is 12.2. The topological polar surface area (TPSA) is 69.7 Å². The summed E-state index contributed by atoms with van der Waals surface area (Å²) in [6.07, 6.45) is 1.21. The van der Waals surface area contributed by atoms with Crippen LogP contribution >= 0.6 is 0 Å². The maximum Gasteiger partial charge on any atom is 0.239 e. The first kappa shape index (κ1) is 15.4. The number of hydrogen-bond donors (Lipinski definition) is 1. The number of piperazine rings is 1. The Morgan fingerprint density at radius 3 is 2.44 bits per heavy atom. The first-order chi connectivity index (χ1) is 8.31. The van der Waals surface area contributed by atoms with Crippen LogP contribution in [0.1, 0.15) is 6.92 Å². The normalized spacial score (nSPS) is 19.0. The van der Waals surface area contributed by atoms with Crippen molar-refractivity contribution in [2.45, 2.75) is 13.0 Å². The zero-order valence-corrected chi connectivity index (χ0v) is 12.2. The van der Waals surface area contributed by atoms with Gasteiger partial charge in [0.15, 0.2) is 0 Å². The number of carbonyl (C=O) groups is 1. The SMILES string of the molecule is CC(C(=O)N1CCNCC1)N(C)CCS(C)(=O)=O. The summed E-state index contributed by atoms with van der Waals surface area (Å²) >= 11 is 0. The minimum absolute atomic E-state index is 0.0764. The lowest BCUT2D eigenvalue weighted by Gasteiger charge is -2.33. The first-order valence-corrected chi connectivity index (χ1v) is 8.25. The van der Waals surface area contributed by atoms with Crippen LogP contribution in [0.3, 0.4) is 0 Å². The molecule has 1 heterocycles. The number of amides is 1. The number of hydrogen-bond acceptors (Lipinski definition) is 5. The lowest BCUT2D eigenvalue weighted by atomic mass is 10.2. The van der Waals surface area contributed by atoms with Crippen LogP contribution in [0.15, 0.2) is 0 Å². The Hall–Kier alpha value is -0.660. The molecule has 18 heavy (non-hydrogen) atoms. The number of likely N-dealkylation sites (N-methyl/N-ethyl adjacent to an activating group) is 1. The van der Waals surface area contributed by atoms with E-state index in [1.54, 1.807) is 11.9 Å². The van der Waals surface area contributed by atoms with Gasteiger partial charge < -0.3 is 10.2 Å². The third-order valence-corrected chi connectivity index (χ3v) is 4.19. The van der Waals surface area contributed by atoms with E-state index < -0.39 is 9.84 Å². The third-order valence-electron chi connectivity index (χ3n) is 3.26. The molecule has 1 amide bonds. The second kappa shape index (κ2) is 6.49. The average Bonchev–Trinajstić information content (AvgIpc) is 2.34. The standard InChI is InChI=1S/C11H23N3O3S/c1-10(13(2)8-9-18(3,16)17)11(15)14-6-4-12-5-7-14/h10,12H,4-9H2,1-3H3. The molecule has 0 aliphatic carbocycles. The zero-order chi connectivity index (χ0) is 13.8. The summed E-state index contributed by atoms with van der Waals surface area (Å²) in [5.74, 6) is 0.162. The van der Waals surface area contributed by atoms with E-state index in [9.17, 15) is 13.2 Å². The van der Waals surface area contributed by atoms with Gasteiger partial charge in [-0.05, 0) is 14.0 Å². The highest BCUT2D eigenvalue weighted by molar-refractivity contribution is 7.90. The second-order valence-corrected chi connectivity index (χ2v) is 7.12. The molecule has 1 atom stereocenters. The van der Waals surface area contributed by atoms with Gasteiger partial charge in [-0.1, -0.05) is 0 Å². The van der Waals surface area contributed by atoms with Crippen molar-refractivity contribution in [3.63, 3.8) is 0 Å². The van der Waals surface area contributed by atoms with E-state index in [2.05, 4.69) is 5.32 Å². The number of nitrogens with one attached hydrogen (secondary N) is 1. The van der Waals surface area contributed by atoms with Gasteiger partial charge in [0.1, 0.15) is 9.84 Å². The largest absolute Gasteiger partial charge is 0.339 e. The molecule has 0 radical (unpaired) electrons. The van der Waals surface area contributed by atoms with Gasteiger partial charge in [-0.2, -0.15) is 0 Å². The maximum atomic E-state index is 12.2. The molecule has 1 saturated heterocycles. The van der Waals surface area contributed by atoms with E-state index >= 15 is 0 Å². The molecule has 1 unspecified atom stereocenters. The number of nitrogens with zero attached hydrogens (tertiary/aromatic N) is 2. The molecule has 0 spiro atoms. The van der Waals surface area contributed by atoms with Gasteiger partial charge in [0.05, 0.1) is 11.8 Å². The molecular formula is C11H23N3O3S. The monoisotopic (exact) mass is 277 g/mol. The zero-order valence-electron chi connectivity index (χ0n) is 11.3. The van der Waals surface area contributed by atoms with Gasteiger partial charge in [0.2, 0.25) is 5.91 Å². The Morgan fingerprint density at radius 1 is 1.39 bits per heavy atom. The van der Waals surface area contributed by atoms with Gasteiger partial charge >= 0.3 is 0 Å². The van der Waals surface area contributed by atoms with Crippen LogP contribution < -0.4 is 5.32 Å². The quantitative estimate of drug-likeness (QED) is 0.682. The summed E-state index contributed by atoms with van der Waals surface area (Å²) in [5, 5.41) is 3.20. The molecule has 0 saturated carbocycles. The Kier molecular flexibility index (Phi) is 5.55. The molecule has 1 rings (SSSR count). The van der Waals surface area contributed by atoms with Crippen LogP contribution in [0.2, 0.25) is 0 Å². The van der Waals surface area contributed by atoms with Crippen LogP contribution in [0.4, 0.5) is 0 Å². The highest BCUT2D eigenvalue weighted by Gasteiger charge is 2.25. The van der Waals surface area contributed by atoms with E-state index in [0.29, 0.717) is 6.54 Å². The first-order valence-electron chi connectivity index (χ1n) is 6.19. The lowest BCUT2D eigenvalue weighted by Crippen LogP contribution is -2.52. The van der Waals surface area contributed by atoms with E-state index in [-0.39, 0.29) is 17.7 Å². The van der Waals surface area contributed by atoms with Crippen molar-refractivity contribution in [2.75, 3.05) is 51.8 Å². The Morgan fingerprint density at radius 2 is 1.94 bits per heavy atom. The van der Waals surface area contributed by atoms with Crippen molar-refractivity contribution in [2.24, 2.45) is 0 Å². The summed E-state index contributed by atoms with van der Waals surface area (Å²) in [6.45, 7) is 5.31. The smallest absolute Gasteiger partial charge is 0.239 e. The van der Waals surface area contributed by atoms with Crippen molar-refractivity contribution >= 4 is 15.7 Å². The van der Waals surface area contributed by atoms with E-state index in [1.165, 1.54) is 6.26 Å². The number of rotatable bonds is 5. The Labute approximate surface area is 109 Å². The molecule has 1 fully saturated rings. The highest BCUT2D eigenvalue weighted by Crippen LogP contribution is 2.04. The minimum Gasteiger partial charge on any atom is -0.339 e. The summed E-state index contributed by atoms with van der Waals surface area (Å²) in [7, 11) is -1.19. The number of carbonyl (C=O) groups excluding carboxylic acids is 1. The van der Waals surface area contributed by atoms with Crippen molar-refractivity contribution in [3.05, 3.63) is 0 Å². The minimum atomic E-state index is -2.98. The molecule has 1 aliphatic rings. The van der Waals surface area contributed by atoms with Crippen molar-refractivity contribution in [3.8, 4) is 0 Å². The summed E-state index contributed by atoms with van der Waals surface area (Å²) in [6, 6.07) is -0.273. The van der Waals surface area contributed by atoms with Crippen LogP contribution in [-0.4, -0.2) is 81.9 Å². The van der Waals surface area contributed by atoms with Gasteiger partial charge in [-0.15, -0.1) is 0 Å². The van der Waals surface area contributed by atoms with Gasteiger partial charge in [0.25, 0.3) is 0 Å². The van der Waals surface area contributed by atoms with Crippen molar-refractivity contribution in [1.29, 1.82) is 0 Å². The highest BCUT2D eigenvalue weighted by atomic mass is 32.2. The van der Waals surface area contributed by atoms with Crippen LogP contribution in [0.25, 0.3) is 0 Å². The Bertz CT molecular complexity index is 377. The fraction of sp³-hybridized carbons (Fsp3) is 0.909. The summed E-state index contributed by atoms with van der Waals surface area (Å²) < 4.78 is 22.2. The lowest BCUT2D eigenvalue weighted by molar-refractivity contribution is -0.136. The van der Waals surface area contributed by atoms with E-state index in [1.807, 2.05) is 11.8 Å². The van der Waals surface area contributed by atoms with Crippen LogP contribution in [-0.2, 0) is 14.6 Å². The number of sulfone groups is 1.